The molecule has 56 heavy (non-hydrogen) atoms. The van der Waals surface area contributed by atoms with E-state index in [-0.39, 0.29) is 11.7 Å². The van der Waals surface area contributed by atoms with Crippen LogP contribution in [0, 0.1) is 11.8 Å². The van der Waals surface area contributed by atoms with Crippen LogP contribution in [0.2, 0.25) is 0 Å². The van der Waals surface area contributed by atoms with Gasteiger partial charge in [0.15, 0.2) is 5.78 Å². The zero-order chi connectivity index (χ0) is 41.1. The molecule has 4 nitrogen and oxygen atoms in total. The number of ketones is 1. The van der Waals surface area contributed by atoms with Crippen LogP contribution in [0.5, 0.6) is 5.88 Å². The van der Waals surface area contributed by atoms with E-state index in [1.165, 1.54) is 135 Å². The Morgan fingerprint density at radius 3 is 1.64 bits per heavy atom. The van der Waals surface area contributed by atoms with Crippen molar-refractivity contribution in [3.05, 3.63) is 54.3 Å². The smallest absolute Gasteiger partial charge is 0.202 e. The van der Waals surface area contributed by atoms with E-state index < -0.39 is 0 Å². The Morgan fingerprint density at radius 2 is 1.20 bits per heavy atom. The van der Waals surface area contributed by atoms with Crippen molar-refractivity contribution in [3.63, 3.8) is 0 Å². The minimum Gasteiger partial charge on any atom is -0.494 e. The lowest BCUT2D eigenvalue weighted by atomic mass is 9.94. The van der Waals surface area contributed by atoms with Gasteiger partial charge in [-0.05, 0) is 90.0 Å². The predicted octanol–water partition coefficient (Wildman–Crippen LogP) is 17.3. The highest BCUT2D eigenvalue weighted by molar-refractivity contribution is 9.11. The van der Waals surface area contributed by atoms with Crippen LogP contribution in [0.1, 0.15) is 222 Å². The van der Waals surface area contributed by atoms with Gasteiger partial charge in [-0.15, -0.1) is 24.0 Å². The summed E-state index contributed by atoms with van der Waals surface area (Å²) in [4.78, 5) is 21.1. The van der Waals surface area contributed by atoms with E-state index in [2.05, 4.69) is 71.7 Å². The summed E-state index contributed by atoms with van der Waals surface area (Å²) >= 11 is 14.0. The molecule has 318 valence electrons. The number of aromatic hydroxyl groups is 1. The number of carbonyl (C=O) groups excluding carboxylic acids is 1. The summed E-state index contributed by atoms with van der Waals surface area (Å²) in [6.45, 7) is 14.0. The number of aromatic nitrogens is 1. The van der Waals surface area contributed by atoms with E-state index in [9.17, 15) is 9.90 Å². The van der Waals surface area contributed by atoms with Crippen LogP contribution in [0.25, 0.3) is 4.91 Å². The van der Waals surface area contributed by atoms with Crippen molar-refractivity contribution in [1.29, 1.82) is 0 Å². The van der Waals surface area contributed by atoms with E-state index in [0.29, 0.717) is 46.7 Å². The minimum absolute atomic E-state index is 0.0783. The van der Waals surface area contributed by atoms with E-state index in [4.69, 9.17) is 17.6 Å². The third-order valence-electron chi connectivity index (χ3n) is 11.2. The van der Waals surface area contributed by atoms with E-state index in [1.54, 1.807) is 18.3 Å². The fourth-order valence-electron chi connectivity index (χ4n) is 7.89. The molecule has 2 heterocycles. The lowest BCUT2D eigenvalue weighted by Crippen LogP contribution is -2.14. The standard InChI is InChI=1S/C48H78Br2N2O2S2/c1-7-11-15-19-21-25-28-39(27-23-17-13-9-3)35-51-46(42-33-34-43(50)56-42)45-44(38(6)53)47(41(55)32-31-37(5)49)52(48(45)54)36-40(29-24-18-14-10-4)30-26-22-20-16-12-8-2/h31-34,39-40,54-55H,7-30,35-36H2,1-6H3/b37-31+,41-32-,51-46?. The third kappa shape index (κ3) is 19.3. The molecule has 0 aromatic carbocycles. The highest BCUT2D eigenvalue weighted by Gasteiger charge is 2.32. The van der Waals surface area contributed by atoms with Gasteiger partial charge < -0.3 is 9.67 Å². The van der Waals surface area contributed by atoms with Crippen molar-refractivity contribution in [2.45, 2.75) is 202 Å². The molecule has 0 aliphatic rings. The van der Waals surface area contributed by atoms with Crippen molar-refractivity contribution in [2.75, 3.05) is 6.54 Å². The number of Topliss-reactive ketones (excluding diaryl/α,β-unsaturated/α-hetero) is 1. The van der Waals surface area contributed by atoms with Gasteiger partial charge in [0.2, 0.25) is 5.88 Å². The van der Waals surface area contributed by atoms with Crippen LogP contribution in [-0.4, -0.2) is 27.7 Å². The van der Waals surface area contributed by atoms with Crippen molar-refractivity contribution in [1.82, 2.24) is 4.57 Å². The zero-order valence-electron chi connectivity index (χ0n) is 36.2. The molecule has 2 unspecified atom stereocenters. The molecule has 2 rings (SSSR count). The molecule has 2 atom stereocenters. The Balaban J connectivity index is 2.72. The maximum Gasteiger partial charge on any atom is 0.202 e. The SMILES string of the molecule is CCCCCCCCC(CCCCCC)CN=C(c1ccc(Br)s1)c1c(C(C)=O)c(/C(S)=C/C=C(\C)Br)n(CC(CCCCCC)CCCCCCCC)c1O. The number of hydrogen-bond acceptors (Lipinski definition) is 5. The summed E-state index contributed by atoms with van der Waals surface area (Å²) in [5, 5.41) is 12.6. The largest absolute Gasteiger partial charge is 0.494 e. The van der Waals surface area contributed by atoms with Crippen LogP contribution in [-0.2, 0) is 6.54 Å². The molecule has 0 radical (unpaired) electrons. The van der Waals surface area contributed by atoms with E-state index in [1.807, 2.05) is 23.6 Å². The fraction of sp³-hybridized carbons (Fsp3) is 0.708. The van der Waals surface area contributed by atoms with Crippen molar-refractivity contribution in [2.24, 2.45) is 16.8 Å². The maximum absolute atomic E-state index is 14.0. The van der Waals surface area contributed by atoms with Crippen LogP contribution in [0.3, 0.4) is 0 Å². The van der Waals surface area contributed by atoms with Gasteiger partial charge in [-0.2, -0.15) is 0 Å². The summed E-state index contributed by atoms with van der Waals surface area (Å²) in [5.74, 6) is 0.923. The highest BCUT2D eigenvalue weighted by Crippen LogP contribution is 2.40. The van der Waals surface area contributed by atoms with Gasteiger partial charge in [-0.3, -0.25) is 9.79 Å². The van der Waals surface area contributed by atoms with Crippen molar-refractivity contribution < 1.29 is 9.90 Å². The summed E-state index contributed by atoms with van der Waals surface area (Å²) in [5.41, 5.74) is 2.52. The Hall–Kier alpha value is -1.09. The number of thiol groups is 1. The molecule has 2 aromatic rings. The number of aliphatic imine (C=N–C) groups is 1. The first-order valence-corrected chi connectivity index (χ1v) is 25.4. The second-order valence-corrected chi connectivity index (χ2v) is 20.4. The number of halogens is 2. The molecule has 1 N–H and O–H groups in total. The normalized spacial score (nSPS) is 13.8. The van der Waals surface area contributed by atoms with Gasteiger partial charge in [0.1, 0.15) is 0 Å². The lowest BCUT2D eigenvalue weighted by molar-refractivity contribution is 0.101. The number of unbranched alkanes of at least 4 members (excludes halogenated alkanes) is 16. The molecule has 0 bridgehead atoms. The predicted molar refractivity (Wildman–Crippen MR) is 259 cm³/mol. The molecule has 8 heteroatoms. The van der Waals surface area contributed by atoms with Crippen molar-refractivity contribution >= 4 is 72.2 Å². The third-order valence-corrected chi connectivity index (χ3v) is 13.4. The molecule has 0 saturated heterocycles. The quantitative estimate of drug-likeness (QED) is 0.0246. The molecular formula is C48H78Br2N2O2S2. The van der Waals surface area contributed by atoms with Gasteiger partial charge in [-0.25, -0.2) is 0 Å². The summed E-state index contributed by atoms with van der Waals surface area (Å²) in [6, 6.07) is 4.14. The number of thiophene rings is 1. The van der Waals surface area contributed by atoms with E-state index in [0.717, 1.165) is 38.1 Å². The van der Waals surface area contributed by atoms with Crippen LogP contribution in [0.15, 0.2) is 37.5 Å². The molecule has 0 fully saturated rings. The van der Waals surface area contributed by atoms with Crippen LogP contribution in [0.4, 0.5) is 0 Å². The Kier molecular flexibility index (Phi) is 28.2. The van der Waals surface area contributed by atoms with Gasteiger partial charge >= 0.3 is 0 Å². The maximum atomic E-state index is 14.0. The van der Waals surface area contributed by atoms with Gasteiger partial charge in [-0.1, -0.05) is 178 Å². The van der Waals surface area contributed by atoms with Crippen LogP contribution >= 0.6 is 55.8 Å². The minimum atomic E-state index is -0.0783. The zero-order valence-corrected chi connectivity index (χ0v) is 41.1. The molecule has 2 aromatic heterocycles. The topological polar surface area (TPSA) is 54.6 Å². The average molecular weight is 939 g/mol. The molecular weight excluding hydrogens is 860 g/mol. The summed E-state index contributed by atoms with van der Waals surface area (Å²) in [7, 11) is 0. The fourth-order valence-corrected chi connectivity index (χ4v) is 9.73. The first-order chi connectivity index (χ1) is 27.1. The molecule has 0 amide bonds. The number of allylic oxidation sites excluding steroid dienone is 3. The number of rotatable bonds is 33. The lowest BCUT2D eigenvalue weighted by Gasteiger charge is -2.21. The van der Waals surface area contributed by atoms with Gasteiger partial charge in [0.25, 0.3) is 0 Å². The monoisotopic (exact) mass is 936 g/mol. The second-order valence-electron chi connectivity index (χ2n) is 16.2. The summed E-state index contributed by atoms with van der Waals surface area (Å²) < 4.78 is 4.00. The Labute approximate surface area is 370 Å². The Morgan fingerprint density at radius 1 is 0.732 bits per heavy atom. The first kappa shape index (κ1) is 51.1. The van der Waals surface area contributed by atoms with Crippen LogP contribution < -0.4 is 0 Å². The molecule has 0 aliphatic heterocycles. The highest BCUT2D eigenvalue weighted by atomic mass is 79.9. The first-order valence-electron chi connectivity index (χ1n) is 22.6. The second kappa shape index (κ2) is 30.9. The molecule has 0 aliphatic carbocycles. The summed E-state index contributed by atoms with van der Waals surface area (Å²) in [6.07, 6.45) is 33.6. The van der Waals surface area contributed by atoms with E-state index >= 15 is 0 Å². The average Bonchev–Trinajstić information content (AvgIpc) is 3.73. The number of hydrogen-bond donors (Lipinski definition) is 2. The molecule has 0 spiro atoms. The van der Waals surface area contributed by atoms with Gasteiger partial charge in [0, 0.05) is 18.0 Å². The Bertz CT molecular complexity index is 1470. The van der Waals surface area contributed by atoms with Gasteiger partial charge in [0.05, 0.1) is 31.2 Å². The van der Waals surface area contributed by atoms with Crippen molar-refractivity contribution in [3.8, 4) is 5.88 Å². The molecule has 0 saturated carbocycles. The number of carbonyl (C=O) groups is 1. The number of nitrogens with zero attached hydrogens (tertiary/aromatic N) is 2.